The van der Waals surface area contributed by atoms with E-state index < -0.39 is 27.4 Å². The summed E-state index contributed by atoms with van der Waals surface area (Å²) in [6.45, 7) is 2.22. The van der Waals surface area contributed by atoms with Gasteiger partial charge in [-0.05, 0) is 54.5 Å². The maximum atomic E-state index is 13.0. The molecule has 0 spiro atoms. The molecule has 10 nitrogen and oxygen atoms in total. The number of amides is 1. The number of nitro groups is 2. The van der Waals surface area contributed by atoms with Gasteiger partial charge in [-0.2, -0.15) is 0 Å². The summed E-state index contributed by atoms with van der Waals surface area (Å²) < 4.78 is 5.71. The summed E-state index contributed by atoms with van der Waals surface area (Å²) in [7, 11) is 0. The molecule has 2 aliphatic rings. The fourth-order valence-electron chi connectivity index (χ4n) is 4.36. The summed E-state index contributed by atoms with van der Waals surface area (Å²) >= 11 is 1.63. The predicted molar refractivity (Wildman–Crippen MR) is 126 cm³/mol. The lowest BCUT2D eigenvalue weighted by Crippen LogP contribution is -2.38. The zero-order valence-electron chi connectivity index (χ0n) is 18.1. The summed E-state index contributed by atoms with van der Waals surface area (Å²) in [5.74, 6) is 0.665. The van der Waals surface area contributed by atoms with Crippen molar-refractivity contribution in [1.29, 1.82) is 0 Å². The van der Waals surface area contributed by atoms with Crippen LogP contribution in [-0.4, -0.2) is 15.8 Å². The lowest BCUT2D eigenvalue weighted by Gasteiger charge is -2.27. The van der Waals surface area contributed by atoms with Gasteiger partial charge in [-0.3, -0.25) is 25.0 Å². The molecule has 174 valence electrons. The summed E-state index contributed by atoms with van der Waals surface area (Å²) in [4.78, 5) is 35.2. The molecule has 11 heteroatoms. The SMILES string of the molecule is CC1CCc2c(sc3c2C(=O)NC(c2cccc(Oc4ccc([N+](=O)[O-])cc4[N+](=O)[O-])c2)N3)C1. The smallest absolute Gasteiger partial charge is 0.318 e. The molecule has 2 atom stereocenters. The first-order chi connectivity index (χ1) is 16.3. The van der Waals surface area contributed by atoms with Crippen LogP contribution in [0.4, 0.5) is 16.4 Å². The monoisotopic (exact) mass is 480 g/mol. The van der Waals surface area contributed by atoms with Gasteiger partial charge in [0.15, 0.2) is 0 Å². The minimum atomic E-state index is -0.726. The number of nitrogens with zero attached hydrogens (tertiary/aromatic N) is 2. The lowest BCUT2D eigenvalue weighted by atomic mass is 9.88. The Balaban J connectivity index is 1.41. The summed E-state index contributed by atoms with van der Waals surface area (Å²) in [5, 5.41) is 29.6. The van der Waals surface area contributed by atoms with Crippen LogP contribution in [0.3, 0.4) is 0 Å². The van der Waals surface area contributed by atoms with Crippen LogP contribution in [0.2, 0.25) is 0 Å². The first-order valence-corrected chi connectivity index (χ1v) is 11.5. The normalized spacial score (nSPS) is 18.8. The molecule has 2 heterocycles. The molecular weight excluding hydrogens is 460 g/mol. The highest BCUT2D eigenvalue weighted by molar-refractivity contribution is 7.16. The predicted octanol–water partition coefficient (Wildman–Crippen LogP) is 5.34. The van der Waals surface area contributed by atoms with Crippen molar-refractivity contribution in [2.75, 3.05) is 5.32 Å². The molecule has 1 aliphatic carbocycles. The first kappa shape index (κ1) is 21.8. The molecular formula is C23H20N4O6S. The van der Waals surface area contributed by atoms with Crippen molar-refractivity contribution >= 4 is 33.6 Å². The van der Waals surface area contributed by atoms with Gasteiger partial charge in [0.2, 0.25) is 5.75 Å². The summed E-state index contributed by atoms with van der Waals surface area (Å²) in [6.07, 6.45) is 2.46. The van der Waals surface area contributed by atoms with Crippen LogP contribution in [0.5, 0.6) is 11.5 Å². The van der Waals surface area contributed by atoms with Gasteiger partial charge < -0.3 is 15.4 Å². The second kappa shape index (κ2) is 8.41. The number of carbonyl (C=O) groups is 1. The number of ether oxygens (including phenoxy) is 1. The number of hydrogen-bond donors (Lipinski definition) is 2. The number of nitrogens with one attached hydrogen (secondary N) is 2. The number of carbonyl (C=O) groups excluding carboxylic acids is 1. The van der Waals surface area contributed by atoms with E-state index in [9.17, 15) is 25.0 Å². The molecule has 2 N–H and O–H groups in total. The number of benzene rings is 2. The maximum absolute atomic E-state index is 13.0. The lowest BCUT2D eigenvalue weighted by molar-refractivity contribution is -0.394. The molecule has 0 saturated heterocycles. The highest BCUT2D eigenvalue weighted by atomic mass is 32.1. The van der Waals surface area contributed by atoms with Gasteiger partial charge in [-0.1, -0.05) is 19.1 Å². The Hall–Kier alpha value is -3.99. The molecule has 1 amide bonds. The molecule has 34 heavy (non-hydrogen) atoms. The fraction of sp³-hybridized carbons (Fsp3) is 0.261. The Morgan fingerprint density at radius 3 is 2.68 bits per heavy atom. The number of rotatable bonds is 5. The molecule has 5 rings (SSSR count). The maximum Gasteiger partial charge on any atom is 0.318 e. The highest BCUT2D eigenvalue weighted by Crippen LogP contribution is 2.43. The van der Waals surface area contributed by atoms with E-state index in [-0.39, 0.29) is 11.7 Å². The summed E-state index contributed by atoms with van der Waals surface area (Å²) in [6, 6.07) is 10.0. The highest BCUT2D eigenvalue weighted by Gasteiger charge is 2.33. The van der Waals surface area contributed by atoms with Crippen LogP contribution >= 0.6 is 11.3 Å². The Kier molecular flexibility index (Phi) is 5.40. The second-order valence-corrected chi connectivity index (χ2v) is 9.55. The van der Waals surface area contributed by atoms with Crippen molar-refractivity contribution in [1.82, 2.24) is 5.32 Å². The number of thiophene rings is 1. The van der Waals surface area contributed by atoms with Crippen molar-refractivity contribution in [3.63, 3.8) is 0 Å². The first-order valence-electron chi connectivity index (χ1n) is 10.7. The van der Waals surface area contributed by atoms with Gasteiger partial charge >= 0.3 is 5.69 Å². The second-order valence-electron chi connectivity index (χ2n) is 8.45. The quantitative estimate of drug-likeness (QED) is 0.372. The van der Waals surface area contributed by atoms with Crippen LogP contribution in [0, 0.1) is 26.1 Å². The minimum absolute atomic E-state index is 0.115. The van der Waals surface area contributed by atoms with Crippen molar-refractivity contribution in [3.05, 3.63) is 84.3 Å². The molecule has 2 unspecified atom stereocenters. The fourth-order valence-corrected chi connectivity index (χ4v) is 5.80. The van der Waals surface area contributed by atoms with E-state index in [0.717, 1.165) is 47.5 Å². The standard InChI is InChI=1S/C23H20N4O6S/c1-12-5-7-16-19(9-12)34-23-20(16)22(28)24-21(25-23)13-3-2-4-15(10-13)33-18-8-6-14(26(29)30)11-17(18)27(31)32/h2-4,6,8,10-12,21,25H,5,7,9H2,1H3,(H,24,28). The zero-order valence-corrected chi connectivity index (χ0v) is 18.9. The van der Waals surface area contributed by atoms with E-state index in [4.69, 9.17) is 4.74 Å². The number of nitro benzene ring substituents is 2. The van der Waals surface area contributed by atoms with Crippen LogP contribution in [0.15, 0.2) is 42.5 Å². The molecule has 0 radical (unpaired) electrons. The van der Waals surface area contributed by atoms with Crippen LogP contribution in [0.1, 0.15) is 45.9 Å². The number of hydrogen-bond acceptors (Lipinski definition) is 8. The molecule has 1 aliphatic heterocycles. The van der Waals surface area contributed by atoms with Gasteiger partial charge in [0.25, 0.3) is 11.6 Å². The third-order valence-corrected chi connectivity index (χ3v) is 7.24. The molecule has 3 aromatic rings. The van der Waals surface area contributed by atoms with Crippen molar-refractivity contribution in [3.8, 4) is 11.5 Å². The summed E-state index contributed by atoms with van der Waals surface area (Å²) in [5.41, 5.74) is 1.68. The van der Waals surface area contributed by atoms with Gasteiger partial charge in [0, 0.05) is 10.9 Å². The Morgan fingerprint density at radius 2 is 1.91 bits per heavy atom. The van der Waals surface area contributed by atoms with Gasteiger partial charge in [0.05, 0.1) is 21.5 Å². The van der Waals surface area contributed by atoms with E-state index >= 15 is 0 Å². The minimum Gasteiger partial charge on any atom is -0.450 e. The Labute approximate surface area is 197 Å². The van der Waals surface area contributed by atoms with Gasteiger partial charge in [0.1, 0.15) is 16.9 Å². The number of non-ortho nitro benzene ring substituents is 1. The number of fused-ring (bicyclic) bond motifs is 3. The van der Waals surface area contributed by atoms with Crippen LogP contribution in [-0.2, 0) is 12.8 Å². The van der Waals surface area contributed by atoms with Gasteiger partial charge in [-0.15, -0.1) is 11.3 Å². The molecule has 0 fully saturated rings. The van der Waals surface area contributed by atoms with Crippen molar-refractivity contribution in [2.45, 2.75) is 32.4 Å². The largest absolute Gasteiger partial charge is 0.450 e. The average Bonchev–Trinajstić information content (AvgIpc) is 3.17. The van der Waals surface area contributed by atoms with Crippen LogP contribution in [0.25, 0.3) is 0 Å². The van der Waals surface area contributed by atoms with E-state index in [0.29, 0.717) is 17.2 Å². The Bertz CT molecular complexity index is 1340. The van der Waals surface area contributed by atoms with E-state index in [1.165, 1.54) is 10.9 Å². The molecule has 2 aromatic carbocycles. The molecule has 0 saturated carbocycles. The van der Waals surface area contributed by atoms with Crippen LogP contribution < -0.4 is 15.4 Å². The van der Waals surface area contributed by atoms with E-state index in [1.807, 2.05) is 6.07 Å². The van der Waals surface area contributed by atoms with Crippen molar-refractivity contribution < 1.29 is 19.4 Å². The molecule has 0 bridgehead atoms. The van der Waals surface area contributed by atoms with Crippen molar-refractivity contribution in [2.24, 2.45) is 5.92 Å². The third-order valence-electron chi connectivity index (χ3n) is 6.06. The van der Waals surface area contributed by atoms with E-state index in [2.05, 4.69) is 17.6 Å². The molecule has 1 aromatic heterocycles. The topological polar surface area (TPSA) is 137 Å². The average molecular weight is 481 g/mol. The Morgan fingerprint density at radius 1 is 1.09 bits per heavy atom. The number of anilines is 1. The van der Waals surface area contributed by atoms with Gasteiger partial charge in [-0.25, -0.2) is 0 Å². The third kappa shape index (κ3) is 3.94. The van der Waals surface area contributed by atoms with E-state index in [1.54, 1.807) is 29.5 Å². The zero-order chi connectivity index (χ0) is 24.0.